The molecule has 0 radical (unpaired) electrons. The second-order valence-electron chi connectivity index (χ2n) is 2.87. The fraction of sp³-hybridized carbons (Fsp3) is 0.400. The maximum Gasteiger partial charge on any atom is 0.137 e. The molecule has 78 valence electrons. The Labute approximate surface area is 88.2 Å². The van der Waals surface area contributed by atoms with E-state index in [2.05, 4.69) is 0 Å². The topological polar surface area (TPSA) is 38.7 Å². The van der Waals surface area contributed by atoms with E-state index in [0.29, 0.717) is 10.8 Å². The molecule has 0 aromatic heterocycles. The van der Waals surface area contributed by atoms with Crippen LogP contribution >= 0.6 is 11.6 Å². The lowest BCUT2D eigenvalue weighted by atomic mass is 10.1. The van der Waals surface area contributed by atoms with Gasteiger partial charge in [0.25, 0.3) is 0 Å². The third-order valence-corrected chi connectivity index (χ3v) is 2.20. The molecule has 0 heterocycles. The van der Waals surface area contributed by atoms with Gasteiger partial charge in [0.05, 0.1) is 18.7 Å². The number of hydrogen-bond acceptors (Lipinski definition) is 3. The quantitative estimate of drug-likeness (QED) is 0.837. The standard InChI is InChI=1S/C10H13ClO3/c1-13-6-9(12)7-3-4-8(11)10(5-7)14-2/h3-5,9,12H,6H2,1-2H3. The van der Waals surface area contributed by atoms with E-state index >= 15 is 0 Å². The maximum absolute atomic E-state index is 9.61. The van der Waals surface area contributed by atoms with Crippen molar-refractivity contribution in [3.8, 4) is 5.75 Å². The van der Waals surface area contributed by atoms with E-state index < -0.39 is 6.10 Å². The number of ether oxygens (including phenoxy) is 2. The monoisotopic (exact) mass is 216 g/mol. The zero-order valence-electron chi connectivity index (χ0n) is 8.16. The zero-order chi connectivity index (χ0) is 10.6. The van der Waals surface area contributed by atoms with E-state index in [1.54, 1.807) is 18.2 Å². The van der Waals surface area contributed by atoms with Crippen molar-refractivity contribution in [1.29, 1.82) is 0 Å². The Morgan fingerprint density at radius 2 is 2.14 bits per heavy atom. The van der Waals surface area contributed by atoms with Crippen molar-refractivity contribution < 1.29 is 14.6 Å². The van der Waals surface area contributed by atoms with Gasteiger partial charge in [0.1, 0.15) is 11.9 Å². The van der Waals surface area contributed by atoms with E-state index in [4.69, 9.17) is 21.1 Å². The van der Waals surface area contributed by atoms with Crippen molar-refractivity contribution in [2.75, 3.05) is 20.8 Å². The van der Waals surface area contributed by atoms with Crippen LogP contribution in [0.1, 0.15) is 11.7 Å². The molecule has 3 nitrogen and oxygen atoms in total. The molecule has 1 rings (SSSR count). The summed E-state index contributed by atoms with van der Waals surface area (Å²) in [6.07, 6.45) is -0.647. The SMILES string of the molecule is COCC(O)c1ccc(Cl)c(OC)c1. The largest absolute Gasteiger partial charge is 0.495 e. The predicted molar refractivity (Wildman–Crippen MR) is 54.8 cm³/mol. The first-order valence-electron chi connectivity index (χ1n) is 4.19. The highest BCUT2D eigenvalue weighted by Crippen LogP contribution is 2.27. The summed E-state index contributed by atoms with van der Waals surface area (Å²) in [6, 6.07) is 5.13. The third-order valence-electron chi connectivity index (χ3n) is 1.88. The Kier molecular flexibility index (Phi) is 4.20. The van der Waals surface area contributed by atoms with E-state index in [-0.39, 0.29) is 6.61 Å². The molecule has 0 saturated heterocycles. The molecule has 1 atom stereocenters. The molecule has 1 aromatic rings. The minimum atomic E-state index is -0.647. The number of benzene rings is 1. The normalized spacial score (nSPS) is 12.6. The Bertz CT molecular complexity index is 301. The molecule has 4 heteroatoms. The first-order chi connectivity index (χ1) is 6.69. The van der Waals surface area contributed by atoms with Crippen molar-refractivity contribution in [1.82, 2.24) is 0 Å². The first kappa shape index (κ1) is 11.3. The minimum absolute atomic E-state index is 0.255. The van der Waals surface area contributed by atoms with Gasteiger partial charge < -0.3 is 14.6 Å². The number of methoxy groups -OCH3 is 2. The summed E-state index contributed by atoms with van der Waals surface area (Å²) in [6.45, 7) is 0.255. The van der Waals surface area contributed by atoms with Crippen LogP contribution < -0.4 is 4.74 Å². The fourth-order valence-corrected chi connectivity index (χ4v) is 1.33. The third kappa shape index (κ3) is 2.61. The summed E-state index contributed by atoms with van der Waals surface area (Å²) < 4.78 is 9.87. The Morgan fingerprint density at radius 3 is 2.71 bits per heavy atom. The highest BCUT2D eigenvalue weighted by atomic mass is 35.5. The van der Waals surface area contributed by atoms with Crippen LogP contribution in [0.2, 0.25) is 5.02 Å². The maximum atomic E-state index is 9.61. The Morgan fingerprint density at radius 1 is 1.43 bits per heavy atom. The van der Waals surface area contributed by atoms with E-state index in [1.807, 2.05) is 0 Å². The lowest BCUT2D eigenvalue weighted by molar-refractivity contribution is 0.0643. The van der Waals surface area contributed by atoms with Gasteiger partial charge in [0, 0.05) is 7.11 Å². The molecule has 14 heavy (non-hydrogen) atoms. The highest BCUT2D eigenvalue weighted by molar-refractivity contribution is 6.32. The van der Waals surface area contributed by atoms with Crippen LogP contribution in [0.25, 0.3) is 0 Å². The number of hydrogen-bond donors (Lipinski definition) is 1. The van der Waals surface area contributed by atoms with Crippen molar-refractivity contribution in [3.63, 3.8) is 0 Å². The molecule has 0 amide bonds. The van der Waals surface area contributed by atoms with Gasteiger partial charge in [-0.2, -0.15) is 0 Å². The number of aliphatic hydroxyl groups is 1. The van der Waals surface area contributed by atoms with Crippen molar-refractivity contribution in [2.45, 2.75) is 6.10 Å². The molecule has 0 aliphatic heterocycles. The fourth-order valence-electron chi connectivity index (χ4n) is 1.14. The summed E-state index contributed by atoms with van der Waals surface area (Å²) in [5.74, 6) is 0.555. The molecule has 1 unspecified atom stereocenters. The Hall–Kier alpha value is -0.770. The summed E-state index contributed by atoms with van der Waals surface area (Å²) in [5.41, 5.74) is 0.730. The van der Waals surface area contributed by atoms with Crippen LogP contribution in [0.15, 0.2) is 18.2 Å². The molecular weight excluding hydrogens is 204 g/mol. The summed E-state index contributed by atoms with van der Waals surface area (Å²) in [4.78, 5) is 0. The average molecular weight is 217 g/mol. The van der Waals surface area contributed by atoms with Crippen LogP contribution in [0.4, 0.5) is 0 Å². The van der Waals surface area contributed by atoms with Crippen LogP contribution in [-0.2, 0) is 4.74 Å². The lowest BCUT2D eigenvalue weighted by Gasteiger charge is -2.11. The molecule has 0 fully saturated rings. The van der Waals surface area contributed by atoms with E-state index in [9.17, 15) is 5.11 Å². The molecule has 0 bridgehead atoms. The number of rotatable bonds is 4. The lowest BCUT2D eigenvalue weighted by Crippen LogP contribution is -2.05. The first-order valence-corrected chi connectivity index (χ1v) is 4.57. The van der Waals surface area contributed by atoms with E-state index in [1.165, 1.54) is 14.2 Å². The van der Waals surface area contributed by atoms with Gasteiger partial charge in [0.15, 0.2) is 0 Å². The molecule has 0 aliphatic carbocycles. The summed E-state index contributed by atoms with van der Waals surface area (Å²) >= 11 is 5.84. The van der Waals surface area contributed by atoms with Crippen LogP contribution in [0, 0.1) is 0 Å². The van der Waals surface area contributed by atoms with Crippen LogP contribution in [-0.4, -0.2) is 25.9 Å². The second-order valence-corrected chi connectivity index (χ2v) is 3.27. The van der Waals surface area contributed by atoms with Gasteiger partial charge >= 0.3 is 0 Å². The molecule has 1 aromatic carbocycles. The predicted octanol–water partition coefficient (Wildman–Crippen LogP) is 2.03. The molecular formula is C10H13ClO3. The molecule has 0 saturated carbocycles. The highest BCUT2D eigenvalue weighted by Gasteiger charge is 2.09. The van der Waals surface area contributed by atoms with Crippen LogP contribution in [0.5, 0.6) is 5.75 Å². The summed E-state index contributed by atoms with van der Waals surface area (Å²) in [5, 5.41) is 10.1. The molecule has 0 aliphatic rings. The second kappa shape index (κ2) is 5.20. The van der Waals surface area contributed by atoms with Gasteiger partial charge in [-0.1, -0.05) is 17.7 Å². The Balaban J connectivity index is 2.88. The molecule has 1 N–H and O–H groups in total. The van der Waals surface area contributed by atoms with Crippen molar-refractivity contribution in [3.05, 3.63) is 28.8 Å². The number of aliphatic hydroxyl groups excluding tert-OH is 1. The zero-order valence-corrected chi connectivity index (χ0v) is 8.91. The average Bonchev–Trinajstić information content (AvgIpc) is 2.19. The molecule has 0 spiro atoms. The van der Waals surface area contributed by atoms with Gasteiger partial charge in [-0.25, -0.2) is 0 Å². The van der Waals surface area contributed by atoms with Gasteiger partial charge in [-0.15, -0.1) is 0 Å². The minimum Gasteiger partial charge on any atom is -0.495 e. The number of halogens is 1. The van der Waals surface area contributed by atoms with Crippen LogP contribution in [0.3, 0.4) is 0 Å². The van der Waals surface area contributed by atoms with Crippen molar-refractivity contribution >= 4 is 11.6 Å². The van der Waals surface area contributed by atoms with Gasteiger partial charge in [-0.05, 0) is 17.7 Å². The van der Waals surface area contributed by atoms with Gasteiger partial charge in [-0.3, -0.25) is 0 Å². The summed E-state index contributed by atoms with van der Waals surface area (Å²) in [7, 11) is 3.07. The van der Waals surface area contributed by atoms with Crippen molar-refractivity contribution in [2.24, 2.45) is 0 Å². The smallest absolute Gasteiger partial charge is 0.137 e. The van der Waals surface area contributed by atoms with Gasteiger partial charge in [0.2, 0.25) is 0 Å². The van der Waals surface area contributed by atoms with E-state index in [0.717, 1.165) is 5.56 Å².